The number of anilines is 2. The predicted molar refractivity (Wildman–Crippen MR) is 138 cm³/mol. The van der Waals surface area contributed by atoms with E-state index in [1.54, 1.807) is 4.90 Å². The summed E-state index contributed by atoms with van der Waals surface area (Å²) in [5.41, 5.74) is -4.30. The van der Waals surface area contributed by atoms with Crippen molar-refractivity contribution in [3.63, 3.8) is 0 Å². The third-order valence-corrected chi connectivity index (χ3v) is 8.27. The second-order valence-electron chi connectivity index (χ2n) is 10.2. The Morgan fingerprint density at radius 3 is 2.46 bits per heavy atom. The number of likely N-dealkylation sites (tertiary alicyclic amines) is 1. The summed E-state index contributed by atoms with van der Waals surface area (Å²) in [4.78, 5) is 34.9. The van der Waals surface area contributed by atoms with E-state index in [0.29, 0.717) is 25.3 Å². The van der Waals surface area contributed by atoms with Gasteiger partial charge in [0.1, 0.15) is 17.4 Å². The molecule has 206 valence electrons. The quantitative estimate of drug-likeness (QED) is 0.434. The molecule has 3 heterocycles. The zero-order valence-electron chi connectivity index (χ0n) is 21.0. The standard InChI is InChI=1S/C26H26F4N6O2S/c1-34-9-5-15(6-10-34)33-22(37)18-4-3-16(12-20(18)27)36-24(39)35(23(38)25(36)7-2-8-25)17-11-19(26(28,29)30)21(13-31)32-14-17/h3-4,11-12,14-15,24,39H,2,5-10H2,1H3,(H,33,37). The minimum Gasteiger partial charge on any atom is -0.349 e. The molecule has 5 rings (SSSR count). The van der Waals surface area contributed by atoms with Crippen molar-refractivity contribution in [2.24, 2.45) is 0 Å². The first-order valence-electron chi connectivity index (χ1n) is 12.5. The lowest BCUT2D eigenvalue weighted by Gasteiger charge is -2.44. The molecule has 1 aromatic heterocycles. The highest BCUT2D eigenvalue weighted by Gasteiger charge is 2.60. The average Bonchev–Trinajstić information content (AvgIpc) is 3.11. The Hall–Kier alpha value is -3.37. The number of piperidine rings is 1. The lowest BCUT2D eigenvalue weighted by Crippen LogP contribution is -2.55. The molecule has 1 aliphatic carbocycles. The van der Waals surface area contributed by atoms with Gasteiger partial charge in [-0.15, -0.1) is 12.6 Å². The zero-order valence-corrected chi connectivity index (χ0v) is 21.9. The Labute approximate surface area is 228 Å². The highest BCUT2D eigenvalue weighted by atomic mass is 32.1. The van der Waals surface area contributed by atoms with E-state index in [1.165, 1.54) is 18.2 Å². The van der Waals surface area contributed by atoms with Crippen LogP contribution in [0.25, 0.3) is 0 Å². The molecule has 2 aliphatic heterocycles. The molecule has 3 aliphatic rings. The summed E-state index contributed by atoms with van der Waals surface area (Å²) < 4.78 is 56.0. The lowest BCUT2D eigenvalue weighted by molar-refractivity contribution is -0.138. The SMILES string of the molecule is CN1CCC(NC(=O)c2ccc(N3C(S)N(c4cnc(C#N)c(C(F)(F)F)c4)C(=O)C34CCC4)cc2F)CC1. The normalized spacial score (nSPS) is 21.7. The van der Waals surface area contributed by atoms with Gasteiger partial charge in [-0.1, -0.05) is 0 Å². The van der Waals surface area contributed by atoms with Crippen LogP contribution in [-0.4, -0.2) is 58.9 Å². The molecular weight excluding hydrogens is 536 g/mol. The molecule has 1 spiro atoms. The third-order valence-electron chi connectivity index (χ3n) is 7.81. The van der Waals surface area contributed by atoms with Crippen LogP contribution in [0.15, 0.2) is 30.5 Å². The van der Waals surface area contributed by atoms with Gasteiger partial charge < -0.3 is 15.1 Å². The molecule has 13 heteroatoms. The summed E-state index contributed by atoms with van der Waals surface area (Å²) in [6.45, 7) is 1.66. The number of aromatic nitrogens is 1. The van der Waals surface area contributed by atoms with Gasteiger partial charge in [-0.25, -0.2) is 9.37 Å². The second kappa shape index (κ2) is 9.98. The summed E-state index contributed by atoms with van der Waals surface area (Å²) >= 11 is 4.57. The van der Waals surface area contributed by atoms with Gasteiger partial charge in [0.05, 0.1) is 23.0 Å². The van der Waals surface area contributed by atoms with Crippen molar-refractivity contribution < 1.29 is 27.2 Å². The fourth-order valence-electron chi connectivity index (χ4n) is 5.51. The molecule has 1 aromatic carbocycles. The van der Waals surface area contributed by atoms with Gasteiger partial charge in [0.15, 0.2) is 11.2 Å². The molecule has 1 saturated carbocycles. The number of thiol groups is 1. The minimum absolute atomic E-state index is 0.0553. The van der Waals surface area contributed by atoms with E-state index in [-0.39, 0.29) is 23.0 Å². The number of pyridine rings is 1. The van der Waals surface area contributed by atoms with Gasteiger partial charge in [-0.2, -0.15) is 18.4 Å². The first kappa shape index (κ1) is 27.2. The highest BCUT2D eigenvalue weighted by Crippen LogP contribution is 2.50. The van der Waals surface area contributed by atoms with Gasteiger partial charge in [0.25, 0.3) is 11.8 Å². The Bertz CT molecular complexity index is 1350. The maximum Gasteiger partial charge on any atom is 0.419 e. The maximum absolute atomic E-state index is 15.3. The summed E-state index contributed by atoms with van der Waals surface area (Å²) in [5.74, 6) is -1.80. The van der Waals surface area contributed by atoms with Crippen LogP contribution in [0.5, 0.6) is 0 Å². The van der Waals surface area contributed by atoms with Gasteiger partial charge >= 0.3 is 6.18 Å². The fourth-order valence-corrected chi connectivity index (χ4v) is 6.10. The number of nitrogens with one attached hydrogen (secondary N) is 1. The molecule has 2 saturated heterocycles. The molecule has 2 aromatic rings. The number of hydrogen-bond acceptors (Lipinski definition) is 7. The smallest absolute Gasteiger partial charge is 0.349 e. The van der Waals surface area contributed by atoms with Crippen LogP contribution >= 0.6 is 12.6 Å². The summed E-state index contributed by atoms with van der Waals surface area (Å²) in [6.07, 6.45) is -0.818. The molecule has 39 heavy (non-hydrogen) atoms. The van der Waals surface area contributed by atoms with E-state index in [4.69, 9.17) is 5.26 Å². The van der Waals surface area contributed by atoms with Gasteiger partial charge in [0, 0.05) is 11.7 Å². The molecule has 8 nitrogen and oxygen atoms in total. The molecule has 0 bridgehead atoms. The Kier molecular flexibility index (Phi) is 6.97. The predicted octanol–water partition coefficient (Wildman–Crippen LogP) is 3.92. The maximum atomic E-state index is 15.3. The second-order valence-corrected chi connectivity index (χ2v) is 10.7. The van der Waals surface area contributed by atoms with Crippen LogP contribution < -0.4 is 15.1 Å². The molecule has 0 radical (unpaired) electrons. The van der Waals surface area contributed by atoms with Crippen LogP contribution in [0.4, 0.5) is 28.9 Å². The monoisotopic (exact) mass is 562 g/mol. The molecular formula is C26H26F4N6O2S. The van der Waals surface area contributed by atoms with Crippen LogP contribution in [-0.2, 0) is 11.0 Å². The number of alkyl halides is 3. The van der Waals surface area contributed by atoms with Crippen molar-refractivity contribution in [1.29, 1.82) is 5.26 Å². The molecule has 1 N–H and O–H groups in total. The number of halogens is 4. The van der Waals surface area contributed by atoms with Gasteiger partial charge in [0.2, 0.25) is 0 Å². The number of nitrogens with zero attached hydrogens (tertiary/aromatic N) is 5. The summed E-state index contributed by atoms with van der Waals surface area (Å²) in [7, 11) is 2.00. The number of nitriles is 1. The van der Waals surface area contributed by atoms with Crippen molar-refractivity contribution in [3.05, 3.63) is 53.1 Å². The van der Waals surface area contributed by atoms with Crippen LogP contribution in [0, 0.1) is 17.1 Å². The first-order valence-corrected chi connectivity index (χ1v) is 13.1. The highest BCUT2D eigenvalue weighted by molar-refractivity contribution is 7.81. The first-order chi connectivity index (χ1) is 18.5. The third kappa shape index (κ3) is 4.69. The Morgan fingerprint density at radius 1 is 1.21 bits per heavy atom. The number of benzene rings is 1. The van der Waals surface area contributed by atoms with Crippen molar-refractivity contribution in [1.82, 2.24) is 15.2 Å². The van der Waals surface area contributed by atoms with Crippen molar-refractivity contribution in [2.45, 2.75) is 55.4 Å². The number of carbonyl (C=O) groups excluding carboxylic acids is 2. The average molecular weight is 563 g/mol. The topological polar surface area (TPSA) is 92.6 Å². The largest absolute Gasteiger partial charge is 0.419 e. The minimum atomic E-state index is -4.86. The molecule has 3 fully saturated rings. The Balaban J connectivity index is 1.44. The number of hydrogen-bond donors (Lipinski definition) is 2. The summed E-state index contributed by atoms with van der Waals surface area (Å²) in [5, 5.41) is 11.9. The van der Waals surface area contributed by atoms with Crippen molar-refractivity contribution in [3.8, 4) is 6.07 Å². The number of rotatable bonds is 4. The molecule has 1 unspecified atom stereocenters. The van der Waals surface area contributed by atoms with E-state index in [2.05, 4.69) is 27.8 Å². The lowest BCUT2D eigenvalue weighted by atomic mass is 9.75. The number of carbonyl (C=O) groups is 2. The van der Waals surface area contributed by atoms with Crippen molar-refractivity contribution in [2.75, 3.05) is 29.9 Å². The van der Waals surface area contributed by atoms with E-state index >= 15 is 4.39 Å². The number of amides is 2. The zero-order chi connectivity index (χ0) is 28.1. The van der Waals surface area contributed by atoms with E-state index in [9.17, 15) is 22.8 Å². The van der Waals surface area contributed by atoms with Gasteiger partial charge in [-0.3, -0.25) is 14.5 Å². The van der Waals surface area contributed by atoms with E-state index < -0.39 is 46.1 Å². The fraction of sp³-hybridized carbons (Fsp3) is 0.462. The molecule has 2 amide bonds. The Morgan fingerprint density at radius 2 is 1.90 bits per heavy atom. The van der Waals surface area contributed by atoms with Crippen LogP contribution in [0.3, 0.4) is 0 Å². The van der Waals surface area contributed by atoms with Gasteiger partial charge in [-0.05, 0) is 76.5 Å². The van der Waals surface area contributed by atoms with Crippen LogP contribution in [0.2, 0.25) is 0 Å². The molecule has 1 atom stereocenters. The van der Waals surface area contributed by atoms with Crippen LogP contribution in [0.1, 0.15) is 53.7 Å². The summed E-state index contributed by atoms with van der Waals surface area (Å²) in [6, 6.07) is 6.10. The van der Waals surface area contributed by atoms with E-state index in [1.807, 2.05) is 7.05 Å². The van der Waals surface area contributed by atoms with Crippen molar-refractivity contribution >= 4 is 35.8 Å². The van der Waals surface area contributed by atoms with E-state index in [0.717, 1.165) is 43.1 Å².